The van der Waals surface area contributed by atoms with Crippen LogP contribution in [0.1, 0.15) is 342 Å². The van der Waals surface area contributed by atoms with Crippen LogP contribution in [-0.4, -0.2) is 37.2 Å². The first kappa shape index (κ1) is 75.6. The van der Waals surface area contributed by atoms with Gasteiger partial charge in [-0.25, -0.2) is 0 Å². The minimum atomic E-state index is -0.780. The SMILES string of the molecule is CC/C=C\C/C=C\C/C=C\C/C=C\CCCCCCCCCCCCCCCCCCCCC(=O)OCC(COC(=O)CCCCCCCCCCC)OC(=O)CCCCCCCC/C=C\C/C=C\C/C=C\CCCCCCC. The van der Waals surface area contributed by atoms with Crippen molar-refractivity contribution >= 4 is 17.9 Å². The second kappa shape index (κ2) is 67.1. The molecular formula is C73H128O6. The molecule has 0 radical (unpaired) electrons. The van der Waals surface area contributed by atoms with E-state index in [1.807, 2.05) is 0 Å². The van der Waals surface area contributed by atoms with Crippen molar-refractivity contribution in [2.45, 2.75) is 348 Å². The zero-order valence-corrected chi connectivity index (χ0v) is 52.4. The average Bonchev–Trinajstić information content (AvgIpc) is 3.45. The summed E-state index contributed by atoms with van der Waals surface area (Å²) in [5, 5.41) is 0. The minimum Gasteiger partial charge on any atom is -0.462 e. The van der Waals surface area contributed by atoms with Crippen LogP contribution in [0.4, 0.5) is 0 Å². The lowest BCUT2D eigenvalue weighted by molar-refractivity contribution is -0.167. The van der Waals surface area contributed by atoms with Gasteiger partial charge in [0.2, 0.25) is 0 Å². The summed E-state index contributed by atoms with van der Waals surface area (Å²) >= 11 is 0. The van der Waals surface area contributed by atoms with E-state index in [1.165, 1.54) is 193 Å². The first-order valence-electron chi connectivity index (χ1n) is 34.1. The van der Waals surface area contributed by atoms with Crippen LogP contribution in [0.25, 0.3) is 0 Å². The number of hydrogen-bond donors (Lipinski definition) is 0. The van der Waals surface area contributed by atoms with Crippen LogP contribution < -0.4 is 0 Å². The van der Waals surface area contributed by atoms with Gasteiger partial charge in [0.15, 0.2) is 6.10 Å². The zero-order valence-electron chi connectivity index (χ0n) is 52.4. The molecule has 0 aliphatic heterocycles. The largest absolute Gasteiger partial charge is 0.462 e. The van der Waals surface area contributed by atoms with Crippen molar-refractivity contribution in [3.63, 3.8) is 0 Å². The van der Waals surface area contributed by atoms with Gasteiger partial charge in [-0.15, -0.1) is 0 Å². The number of hydrogen-bond acceptors (Lipinski definition) is 6. The fraction of sp³-hybridized carbons (Fsp3) is 0.767. The molecule has 0 aliphatic rings. The topological polar surface area (TPSA) is 78.9 Å². The van der Waals surface area contributed by atoms with E-state index in [4.69, 9.17) is 14.2 Å². The van der Waals surface area contributed by atoms with Crippen LogP contribution >= 0.6 is 0 Å². The number of allylic oxidation sites excluding steroid dienone is 14. The molecule has 0 aromatic carbocycles. The number of ether oxygens (including phenoxy) is 3. The molecule has 0 bridgehead atoms. The van der Waals surface area contributed by atoms with Gasteiger partial charge in [-0.3, -0.25) is 14.4 Å². The quantitative estimate of drug-likeness (QED) is 0.0261. The molecule has 79 heavy (non-hydrogen) atoms. The molecule has 0 spiro atoms. The van der Waals surface area contributed by atoms with Crippen LogP contribution in [0.5, 0.6) is 0 Å². The van der Waals surface area contributed by atoms with Crippen LogP contribution in [0.2, 0.25) is 0 Å². The van der Waals surface area contributed by atoms with E-state index in [9.17, 15) is 14.4 Å². The molecule has 0 fully saturated rings. The normalized spacial score (nSPS) is 12.6. The highest BCUT2D eigenvalue weighted by atomic mass is 16.6. The summed E-state index contributed by atoms with van der Waals surface area (Å²) in [6.07, 6.45) is 89.0. The molecule has 0 N–H and O–H groups in total. The summed E-state index contributed by atoms with van der Waals surface area (Å²) in [5.74, 6) is -0.877. The van der Waals surface area contributed by atoms with Crippen molar-refractivity contribution in [1.82, 2.24) is 0 Å². The second-order valence-electron chi connectivity index (χ2n) is 22.7. The third kappa shape index (κ3) is 65.3. The predicted molar refractivity (Wildman–Crippen MR) is 344 cm³/mol. The average molecular weight is 1100 g/mol. The minimum absolute atomic E-state index is 0.0774. The van der Waals surface area contributed by atoms with Gasteiger partial charge >= 0.3 is 17.9 Å². The molecule has 1 unspecified atom stereocenters. The van der Waals surface area contributed by atoms with Crippen LogP contribution in [0.3, 0.4) is 0 Å². The van der Waals surface area contributed by atoms with Crippen molar-refractivity contribution < 1.29 is 28.6 Å². The molecule has 0 aliphatic carbocycles. The second-order valence-corrected chi connectivity index (χ2v) is 22.7. The van der Waals surface area contributed by atoms with Crippen LogP contribution in [0, 0.1) is 0 Å². The van der Waals surface area contributed by atoms with Crippen molar-refractivity contribution in [1.29, 1.82) is 0 Å². The molecule has 456 valence electrons. The fourth-order valence-electron chi connectivity index (χ4n) is 9.80. The molecule has 0 saturated heterocycles. The smallest absolute Gasteiger partial charge is 0.306 e. The van der Waals surface area contributed by atoms with E-state index in [2.05, 4.69) is 106 Å². The van der Waals surface area contributed by atoms with Gasteiger partial charge in [0.1, 0.15) is 13.2 Å². The van der Waals surface area contributed by atoms with Crippen LogP contribution in [-0.2, 0) is 28.6 Å². The fourth-order valence-corrected chi connectivity index (χ4v) is 9.80. The molecule has 1 atom stereocenters. The Bertz CT molecular complexity index is 1500. The molecule has 6 nitrogen and oxygen atoms in total. The van der Waals surface area contributed by atoms with Crippen molar-refractivity contribution in [2.24, 2.45) is 0 Å². The lowest BCUT2D eigenvalue weighted by Crippen LogP contribution is -2.30. The third-order valence-corrected chi connectivity index (χ3v) is 14.9. The summed E-state index contributed by atoms with van der Waals surface area (Å²) in [4.78, 5) is 38.2. The molecule has 0 saturated carbocycles. The van der Waals surface area contributed by atoms with Crippen molar-refractivity contribution in [2.75, 3.05) is 13.2 Å². The van der Waals surface area contributed by atoms with Gasteiger partial charge < -0.3 is 14.2 Å². The maximum absolute atomic E-state index is 12.9. The van der Waals surface area contributed by atoms with E-state index in [1.54, 1.807) is 0 Å². The molecule has 0 amide bonds. The summed E-state index contributed by atoms with van der Waals surface area (Å²) < 4.78 is 16.9. The number of unbranched alkanes of at least 4 members (excludes halogenated alkanes) is 37. The summed E-state index contributed by atoms with van der Waals surface area (Å²) in [5.41, 5.74) is 0. The van der Waals surface area contributed by atoms with Gasteiger partial charge in [-0.05, 0) is 96.3 Å². The molecule has 6 heteroatoms. The number of rotatable bonds is 62. The standard InChI is InChI=1S/C73H128O6/c1-4-7-10-13-16-19-21-23-25-27-29-31-32-33-34-35-36-37-38-39-40-42-43-45-47-49-51-54-57-60-63-66-72(75)78-69-70(68-77-71(74)65-62-59-56-53-18-15-12-9-6-3)79-73(76)67-64-61-58-55-52-50-48-46-44-41-30-28-26-24-22-20-17-14-11-8-5-2/h7,10,16,19,22-25,28-31,44,46,70H,4-6,8-9,11-15,17-18,20-21,26-27,32-43,45,47-69H2,1-3H3/b10-7-,19-16-,24-22-,25-23-,30-28-,31-29-,46-44-. The van der Waals surface area contributed by atoms with Gasteiger partial charge in [0, 0.05) is 19.3 Å². The number of carbonyl (C=O) groups is 3. The number of carbonyl (C=O) groups excluding carboxylic acids is 3. The number of esters is 3. The van der Waals surface area contributed by atoms with Crippen molar-refractivity contribution in [3.8, 4) is 0 Å². The molecular weight excluding hydrogens is 973 g/mol. The van der Waals surface area contributed by atoms with Crippen LogP contribution in [0.15, 0.2) is 85.1 Å². The summed E-state index contributed by atoms with van der Waals surface area (Å²) in [7, 11) is 0. The Hall–Kier alpha value is -3.41. The van der Waals surface area contributed by atoms with Gasteiger partial charge in [-0.1, -0.05) is 311 Å². The first-order chi connectivity index (χ1) is 39.0. The Morgan fingerprint density at radius 3 is 0.772 bits per heavy atom. The van der Waals surface area contributed by atoms with Gasteiger partial charge in [0.25, 0.3) is 0 Å². The zero-order chi connectivity index (χ0) is 57.1. The molecule has 0 aromatic heterocycles. The summed E-state index contributed by atoms with van der Waals surface area (Å²) in [6, 6.07) is 0. The Kier molecular flexibility index (Phi) is 64.2. The maximum Gasteiger partial charge on any atom is 0.306 e. The predicted octanol–water partition coefficient (Wildman–Crippen LogP) is 23.4. The highest BCUT2D eigenvalue weighted by Crippen LogP contribution is 2.17. The molecule has 0 rings (SSSR count). The van der Waals surface area contributed by atoms with Gasteiger partial charge in [-0.2, -0.15) is 0 Å². The van der Waals surface area contributed by atoms with E-state index in [0.717, 1.165) is 109 Å². The Morgan fingerprint density at radius 2 is 0.494 bits per heavy atom. The first-order valence-corrected chi connectivity index (χ1v) is 34.1. The van der Waals surface area contributed by atoms with E-state index in [-0.39, 0.29) is 31.1 Å². The van der Waals surface area contributed by atoms with E-state index >= 15 is 0 Å². The molecule has 0 heterocycles. The highest BCUT2D eigenvalue weighted by molar-refractivity contribution is 5.71. The third-order valence-electron chi connectivity index (χ3n) is 14.9. The Balaban J connectivity index is 4.13. The van der Waals surface area contributed by atoms with E-state index in [0.29, 0.717) is 19.3 Å². The van der Waals surface area contributed by atoms with E-state index < -0.39 is 6.10 Å². The monoisotopic (exact) mass is 1100 g/mol. The van der Waals surface area contributed by atoms with Gasteiger partial charge in [0.05, 0.1) is 0 Å². The highest BCUT2D eigenvalue weighted by Gasteiger charge is 2.19. The maximum atomic E-state index is 12.9. The Morgan fingerprint density at radius 1 is 0.266 bits per heavy atom. The lowest BCUT2D eigenvalue weighted by atomic mass is 10.0. The van der Waals surface area contributed by atoms with Crippen molar-refractivity contribution in [3.05, 3.63) is 85.1 Å². The Labute approximate surface area is 490 Å². The summed E-state index contributed by atoms with van der Waals surface area (Å²) in [6.45, 7) is 6.52. The lowest BCUT2D eigenvalue weighted by Gasteiger charge is -2.18. The molecule has 0 aromatic rings.